The van der Waals surface area contributed by atoms with E-state index in [1.807, 2.05) is 38.2 Å². The monoisotopic (exact) mass is 284 g/mol. The SMILES string of the molecule is CCNC(=O)c1ccc(NC(C)c2cccnc2)c(N)c1. The van der Waals surface area contributed by atoms with E-state index in [0.29, 0.717) is 17.8 Å². The summed E-state index contributed by atoms with van der Waals surface area (Å²) in [7, 11) is 0. The molecule has 0 fully saturated rings. The molecule has 5 nitrogen and oxygen atoms in total. The predicted molar refractivity (Wildman–Crippen MR) is 85.1 cm³/mol. The minimum absolute atomic E-state index is 0.0799. The van der Waals surface area contributed by atoms with Crippen molar-refractivity contribution in [3.8, 4) is 0 Å². The molecule has 0 aliphatic heterocycles. The van der Waals surface area contributed by atoms with Gasteiger partial charge in [0.2, 0.25) is 0 Å². The fraction of sp³-hybridized carbons (Fsp3) is 0.250. The lowest BCUT2D eigenvalue weighted by atomic mass is 10.1. The highest BCUT2D eigenvalue weighted by atomic mass is 16.1. The summed E-state index contributed by atoms with van der Waals surface area (Å²) >= 11 is 0. The average Bonchev–Trinajstić information content (AvgIpc) is 2.50. The fourth-order valence-electron chi connectivity index (χ4n) is 2.05. The van der Waals surface area contributed by atoms with Gasteiger partial charge in [0.15, 0.2) is 0 Å². The Hall–Kier alpha value is -2.56. The van der Waals surface area contributed by atoms with Crippen molar-refractivity contribution in [2.45, 2.75) is 19.9 Å². The second-order valence-corrected chi connectivity index (χ2v) is 4.81. The van der Waals surface area contributed by atoms with Crippen LogP contribution in [0.3, 0.4) is 0 Å². The van der Waals surface area contributed by atoms with E-state index in [1.165, 1.54) is 0 Å². The van der Waals surface area contributed by atoms with E-state index in [-0.39, 0.29) is 11.9 Å². The molecule has 1 amide bonds. The molecule has 0 radical (unpaired) electrons. The quantitative estimate of drug-likeness (QED) is 0.737. The molecule has 0 spiro atoms. The van der Waals surface area contributed by atoms with Gasteiger partial charge in [-0.05, 0) is 43.7 Å². The van der Waals surface area contributed by atoms with Gasteiger partial charge in [-0.2, -0.15) is 0 Å². The molecule has 2 aromatic rings. The summed E-state index contributed by atoms with van der Waals surface area (Å²) in [5, 5.41) is 6.08. The van der Waals surface area contributed by atoms with E-state index in [4.69, 9.17) is 5.73 Å². The van der Waals surface area contributed by atoms with E-state index >= 15 is 0 Å². The van der Waals surface area contributed by atoms with Gasteiger partial charge in [0.25, 0.3) is 5.91 Å². The molecule has 1 atom stereocenters. The third-order valence-electron chi connectivity index (χ3n) is 3.21. The van der Waals surface area contributed by atoms with Gasteiger partial charge in [-0.3, -0.25) is 9.78 Å². The number of nitrogens with zero attached hydrogens (tertiary/aromatic N) is 1. The van der Waals surface area contributed by atoms with Crippen LogP contribution < -0.4 is 16.4 Å². The van der Waals surface area contributed by atoms with Gasteiger partial charge in [0.05, 0.1) is 17.4 Å². The first-order chi connectivity index (χ1) is 10.1. The van der Waals surface area contributed by atoms with Crippen LogP contribution in [0.15, 0.2) is 42.7 Å². The zero-order chi connectivity index (χ0) is 15.2. The van der Waals surface area contributed by atoms with Crippen LogP contribution in [0.5, 0.6) is 0 Å². The maximum absolute atomic E-state index is 11.8. The summed E-state index contributed by atoms with van der Waals surface area (Å²) in [6.45, 7) is 4.51. The maximum atomic E-state index is 11.8. The first-order valence-corrected chi connectivity index (χ1v) is 6.96. The molecule has 1 aromatic heterocycles. The van der Waals surface area contributed by atoms with Crippen molar-refractivity contribution in [3.05, 3.63) is 53.9 Å². The molecule has 1 aromatic carbocycles. The van der Waals surface area contributed by atoms with Crippen molar-refractivity contribution >= 4 is 17.3 Å². The van der Waals surface area contributed by atoms with Crippen LogP contribution in [-0.2, 0) is 0 Å². The summed E-state index contributed by atoms with van der Waals surface area (Å²) in [5.74, 6) is -0.115. The third-order valence-corrected chi connectivity index (χ3v) is 3.21. The van der Waals surface area contributed by atoms with Crippen LogP contribution >= 0.6 is 0 Å². The summed E-state index contributed by atoms with van der Waals surface area (Å²) in [6.07, 6.45) is 3.56. The first-order valence-electron chi connectivity index (χ1n) is 6.96. The van der Waals surface area contributed by atoms with Gasteiger partial charge in [-0.25, -0.2) is 0 Å². The Labute approximate surface area is 124 Å². The Morgan fingerprint density at radius 2 is 2.19 bits per heavy atom. The summed E-state index contributed by atoms with van der Waals surface area (Å²) in [4.78, 5) is 15.9. The highest BCUT2D eigenvalue weighted by molar-refractivity contribution is 5.96. The normalized spacial score (nSPS) is 11.7. The Kier molecular flexibility index (Phi) is 4.77. The molecule has 0 aliphatic rings. The van der Waals surface area contributed by atoms with Gasteiger partial charge >= 0.3 is 0 Å². The van der Waals surface area contributed by atoms with Gasteiger partial charge in [0.1, 0.15) is 0 Å². The lowest BCUT2D eigenvalue weighted by Crippen LogP contribution is -2.22. The molecule has 4 N–H and O–H groups in total. The van der Waals surface area contributed by atoms with Gasteiger partial charge in [-0.15, -0.1) is 0 Å². The Morgan fingerprint density at radius 3 is 2.81 bits per heavy atom. The number of amides is 1. The van der Waals surface area contributed by atoms with Crippen molar-refractivity contribution < 1.29 is 4.79 Å². The molecule has 2 rings (SSSR count). The predicted octanol–water partition coefficient (Wildman–Crippen LogP) is 2.59. The lowest BCUT2D eigenvalue weighted by molar-refractivity contribution is 0.0956. The number of hydrogen-bond acceptors (Lipinski definition) is 4. The Balaban J connectivity index is 2.13. The minimum Gasteiger partial charge on any atom is -0.397 e. The second kappa shape index (κ2) is 6.74. The van der Waals surface area contributed by atoms with E-state index in [1.54, 1.807) is 18.3 Å². The molecule has 0 saturated carbocycles. The Bertz CT molecular complexity index is 613. The third kappa shape index (κ3) is 3.72. The number of aromatic nitrogens is 1. The number of nitrogens with one attached hydrogen (secondary N) is 2. The van der Waals surface area contributed by atoms with E-state index in [0.717, 1.165) is 11.3 Å². The standard InChI is InChI=1S/C16H20N4O/c1-3-19-16(21)12-6-7-15(14(17)9-12)20-11(2)13-5-4-8-18-10-13/h4-11,20H,3,17H2,1-2H3,(H,19,21). The zero-order valence-electron chi connectivity index (χ0n) is 12.3. The van der Waals surface area contributed by atoms with Crippen molar-refractivity contribution in [1.82, 2.24) is 10.3 Å². The lowest BCUT2D eigenvalue weighted by Gasteiger charge is -2.17. The molecular weight excluding hydrogens is 264 g/mol. The van der Waals surface area contributed by atoms with E-state index < -0.39 is 0 Å². The summed E-state index contributed by atoms with van der Waals surface area (Å²) in [6, 6.07) is 9.26. The highest BCUT2D eigenvalue weighted by Gasteiger charge is 2.10. The number of pyridine rings is 1. The summed E-state index contributed by atoms with van der Waals surface area (Å²) < 4.78 is 0. The van der Waals surface area contributed by atoms with Crippen molar-refractivity contribution in [1.29, 1.82) is 0 Å². The number of anilines is 2. The molecule has 5 heteroatoms. The highest BCUT2D eigenvalue weighted by Crippen LogP contribution is 2.24. The van der Waals surface area contributed by atoms with Crippen LogP contribution in [0, 0.1) is 0 Å². The van der Waals surface area contributed by atoms with Crippen molar-refractivity contribution in [2.75, 3.05) is 17.6 Å². The molecule has 1 heterocycles. The minimum atomic E-state index is -0.115. The number of carbonyl (C=O) groups excluding carboxylic acids is 1. The maximum Gasteiger partial charge on any atom is 0.251 e. The Morgan fingerprint density at radius 1 is 1.38 bits per heavy atom. The molecule has 21 heavy (non-hydrogen) atoms. The van der Waals surface area contributed by atoms with Crippen LogP contribution in [-0.4, -0.2) is 17.4 Å². The largest absolute Gasteiger partial charge is 0.397 e. The molecule has 0 saturated heterocycles. The number of carbonyl (C=O) groups is 1. The summed E-state index contributed by atoms with van der Waals surface area (Å²) in [5.41, 5.74) is 9.02. The number of rotatable bonds is 5. The van der Waals surface area contributed by atoms with Gasteiger partial charge < -0.3 is 16.4 Å². The topological polar surface area (TPSA) is 80.0 Å². The van der Waals surface area contributed by atoms with Crippen LogP contribution in [0.2, 0.25) is 0 Å². The number of benzene rings is 1. The van der Waals surface area contributed by atoms with Crippen molar-refractivity contribution in [2.24, 2.45) is 0 Å². The average molecular weight is 284 g/mol. The smallest absolute Gasteiger partial charge is 0.251 e. The molecule has 1 unspecified atom stereocenters. The number of hydrogen-bond donors (Lipinski definition) is 3. The zero-order valence-corrected chi connectivity index (χ0v) is 12.3. The second-order valence-electron chi connectivity index (χ2n) is 4.81. The molecular formula is C16H20N4O. The molecule has 110 valence electrons. The van der Waals surface area contributed by atoms with Crippen LogP contribution in [0.25, 0.3) is 0 Å². The van der Waals surface area contributed by atoms with Crippen LogP contribution in [0.1, 0.15) is 35.8 Å². The van der Waals surface area contributed by atoms with Crippen molar-refractivity contribution in [3.63, 3.8) is 0 Å². The van der Waals surface area contributed by atoms with Crippen LogP contribution in [0.4, 0.5) is 11.4 Å². The fourth-order valence-corrected chi connectivity index (χ4v) is 2.05. The van der Waals surface area contributed by atoms with E-state index in [2.05, 4.69) is 15.6 Å². The van der Waals surface area contributed by atoms with Gasteiger partial charge in [-0.1, -0.05) is 6.07 Å². The van der Waals surface area contributed by atoms with Gasteiger partial charge in [0, 0.05) is 24.5 Å². The molecule has 0 bridgehead atoms. The first kappa shape index (κ1) is 14.8. The number of nitrogens with two attached hydrogens (primary N) is 1. The number of nitrogen functional groups attached to an aromatic ring is 1. The molecule has 0 aliphatic carbocycles. The van der Waals surface area contributed by atoms with E-state index in [9.17, 15) is 4.79 Å².